The number of amides is 1. The van der Waals surface area contributed by atoms with Crippen molar-refractivity contribution in [3.05, 3.63) is 0 Å². The molecule has 4 aliphatic rings. The maximum absolute atomic E-state index is 12.6. The highest BCUT2D eigenvalue weighted by molar-refractivity contribution is 5.78. The number of rotatable bonds is 7. The lowest BCUT2D eigenvalue weighted by Crippen LogP contribution is -2.82. The van der Waals surface area contributed by atoms with Crippen LogP contribution >= 0.6 is 0 Å². The summed E-state index contributed by atoms with van der Waals surface area (Å²) in [5.41, 5.74) is 0. The van der Waals surface area contributed by atoms with E-state index in [4.69, 9.17) is 9.47 Å². The molecule has 0 bridgehead atoms. The van der Waals surface area contributed by atoms with Gasteiger partial charge in [0.1, 0.15) is 12.8 Å². The third kappa shape index (κ3) is 4.78. The summed E-state index contributed by atoms with van der Waals surface area (Å²) in [5, 5.41) is 5.33. The Morgan fingerprint density at radius 2 is 2.10 bits per heavy atom. The Morgan fingerprint density at radius 3 is 2.90 bits per heavy atom. The van der Waals surface area contributed by atoms with Crippen LogP contribution in [0.15, 0.2) is 0 Å². The van der Waals surface area contributed by atoms with Crippen molar-refractivity contribution < 1.29 is 24.4 Å². The van der Waals surface area contributed by atoms with E-state index >= 15 is 0 Å². The lowest BCUT2D eigenvalue weighted by Gasteiger charge is -2.46. The number of hydrogen-bond donors (Lipinski definition) is 2. The van der Waals surface area contributed by atoms with Gasteiger partial charge in [-0.1, -0.05) is 13.8 Å². The summed E-state index contributed by atoms with van der Waals surface area (Å²) < 4.78 is 11.8. The van der Waals surface area contributed by atoms with Gasteiger partial charge in [0.05, 0.1) is 25.1 Å². The van der Waals surface area contributed by atoms with E-state index in [-0.39, 0.29) is 35.9 Å². The van der Waals surface area contributed by atoms with Crippen molar-refractivity contribution in [3.8, 4) is 0 Å². The van der Waals surface area contributed by atoms with Crippen molar-refractivity contribution in [1.82, 2.24) is 10.2 Å². The first kappa shape index (κ1) is 21.1. The molecule has 0 aromatic carbocycles. The molecule has 164 valence electrons. The second-order valence-corrected chi connectivity index (χ2v) is 9.71. The Kier molecular flexibility index (Phi) is 6.76. The van der Waals surface area contributed by atoms with E-state index in [0.717, 1.165) is 45.6 Å². The van der Waals surface area contributed by atoms with Gasteiger partial charge >= 0.3 is 5.97 Å². The molecule has 0 spiro atoms. The Balaban J connectivity index is 1.21. The van der Waals surface area contributed by atoms with Gasteiger partial charge in [0, 0.05) is 32.5 Å². The minimum Gasteiger partial charge on any atom is -0.462 e. The van der Waals surface area contributed by atoms with Crippen molar-refractivity contribution in [2.45, 2.75) is 58.2 Å². The average Bonchev–Trinajstić information content (AvgIpc) is 3.34. The Morgan fingerprint density at radius 1 is 1.24 bits per heavy atom. The number of ether oxygens (including phenoxy) is 2. The Hall–Kier alpha value is -1.18. The Labute approximate surface area is 174 Å². The summed E-state index contributed by atoms with van der Waals surface area (Å²) in [5.74, 6) is 1.65. The standard InChI is InChI=1S/C22H37N3O4/c1-14-12-28-19-11-20-18(10-17(14)19)15(2)16(22(27)29-20)4-5-21(26)24-6-3-8-25-9-7-23-13-25/h14-20,23H,3-13H2,1-2H3,(H,24,26)/p+1. The molecular formula is C22H38N3O4+. The maximum Gasteiger partial charge on any atom is 0.309 e. The summed E-state index contributed by atoms with van der Waals surface area (Å²) in [6, 6.07) is 0. The minimum atomic E-state index is -0.156. The van der Waals surface area contributed by atoms with E-state index in [0.29, 0.717) is 37.1 Å². The lowest BCUT2D eigenvalue weighted by atomic mass is 9.65. The van der Waals surface area contributed by atoms with Crippen molar-refractivity contribution in [2.75, 3.05) is 39.5 Å². The molecule has 0 aromatic heterocycles. The highest BCUT2D eigenvalue weighted by atomic mass is 16.6. The van der Waals surface area contributed by atoms with Crippen molar-refractivity contribution in [1.29, 1.82) is 0 Å². The third-order valence-corrected chi connectivity index (χ3v) is 7.84. The van der Waals surface area contributed by atoms with Crippen LogP contribution in [0.4, 0.5) is 0 Å². The van der Waals surface area contributed by atoms with E-state index in [1.165, 1.54) is 6.54 Å². The largest absolute Gasteiger partial charge is 0.462 e. The van der Waals surface area contributed by atoms with E-state index in [2.05, 4.69) is 29.4 Å². The van der Waals surface area contributed by atoms with Crippen LogP contribution in [0.2, 0.25) is 0 Å². The number of hydrogen-bond acceptors (Lipinski definition) is 5. The number of esters is 1. The molecule has 4 fully saturated rings. The molecular weight excluding hydrogens is 370 g/mol. The molecule has 7 nitrogen and oxygen atoms in total. The second kappa shape index (κ2) is 9.31. The van der Waals surface area contributed by atoms with Crippen LogP contribution in [-0.4, -0.2) is 68.4 Å². The molecule has 1 aliphatic carbocycles. The SMILES string of the molecule is CC1COC2CC3OC(=O)C(CCC(=O)NCCCN4CC[NH2+]C4)C(C)C3CC12. The number of nitrogens with zero attached hydrogens (tertiary/aromatic N) is 1. The van der Waals surface area contributed by atoms with Gasteiger partial charge < -0.3 is 20.1 Å². The molecule has 1 amide bonds. The van der Waals surface area contributed by atoms with Crippen molar-refractivity contribution in [2.24, 2.45) is 29.6 Å². The van der Waals surface area contributed by atoms with Crippen LogP contribution in [0.5, 0.6) is 0 Å². The molecule has 3 aliphatic heterocycles. The summed E-state index contributed by atoms with van der Waals surface area (Å²) in [6.45, 7) is 10.4. The number of quaternary nitrogens is 1. The quantitative estimate of drug-likeness (QED) is 0.469. The average molecular weight is 409 g/mol. The van der Waals surface area contributed by atoms with Gasteiger partial charge in [0.25, 0.3) is 0 Å². The smallest absolute Gasteiger partial charge is 0.309 e. The topological polar surface area (TPSA) is 84.5 Å². The van der Waals surface area contributed by atoms with Gasteiger partial charge in [-0.05, 0) is 42.9 Å². The van der Waals surface area contributed by atoms with Crippen LogP contribution in [0.3, 0.4) is 0 Å². The van der Waals surface area contributed by atoms with Crippen LogP contribution in [-0.2, 0) is 19.1 Å². The third-order valence-electron chi connectivity index (χ3n) is 7.84. The van der Waals surface area contributed by atoms with Crippen LogP contribution in [0.25, 0.3) is 0 Å². The van der Waals surface area contributed by atoms with Gasteiger partial charge in [-0.25, -0.2) is 0 Å². The van der Waals surface area contributed by atoms with E-state index in [1.54, 1.807) is 0 Å². The van der Waals surface area contributed by atoms with Gasteiger partial charge in [-0.3, -0.25) is 14.5 Å². The molecule has 0 radical (unpaired) electrons. The zero-order chi connectivity index (χ0) is 20.4. The van der Waals surface area contributed by atoms with Gasteiger partial charge in [0.2, 0.25) is 5.91 Å². The molecule has 7 unspecified atom stereocenters. The molecule has 7 atom stereocenters. The van der Waals surface area contributed by atoms with Crippen molar-refractivity contribution >= 4 is 11.9 Å². The first-order valence-corrected chi connectivity index (χ1v) is 11.7. The van der Waals surface area contributed by atoms with E-state index in [9.17, 15) is 9.59 Å². The highest BCUT2D eigenvalue weighted by Crippen LogP contribution is 2.48. The molecule has 3 N–H and O–H groups in total. The number of carbonyl (C=O) groups is 2. The molecule has 4 rings (SSSR count). The lowest BCUT2D eigenvalue weighted by molar-refractivity contribution is -0.642. The fourth-order valence-electron chi connectivity index (χ4n) is 5.95. The van der Waals surface area contributed by atoms with E-state index < -0.39 is 0 Å². The molecule has 3 heterocycles. The molecule has 7 heteroatoms. The normalized spacial score (nSPS) is 39.7. The second-order valence-electron chi connectivity index (χ2n) is 9.71. The van der Waals surface area contributed by atoms with Crippen molar-refractivity contribution in [3.63, 3.8) is 0 Å². The highest BCUT2D eigenvalue weighted by Gasteiger charge is 2.51. The van der Waals surface area contributed by atoms with Crippen LogP contribution in [0, 0.1) is 29.6 Å². The minimum absolute atomic E-state index is 0.00282. The molecule has 29 heavy (non-hydrogen) atoms. The number of fused-ring (bicyclic) bond motifs is 2. The predicted molar refractivity (Wildman–Crippen MR) is 108 cm³/mol. The maximum atomic E-state index is 12.6. The van der Waals surface area contributed by atoms with Gasteiger partial charge in [0.15, 0.2) is 0 Å². The zero-order valence-corrected chi connectivity index (χ0v) is 18.0. The summed E-state index contributed by atoms with van der Waals surface area (Å²) in [4.78, 5) is 27.3. The molecule has 3 saturated heterocycles. The summed E-state index contributed by atoms with van der Waals surface area (Å²) in [7, 11) is 0. The van der Waals surface area contributed by atoms with E-state index in [1.807, 2.05) is 0 Å². The van der Waals surface area contributed by atoms with Gasteiger partial charge in [-0.15, -0.1) is 0 Å². The predicted octanol–water partition coefficient (Wildman–Crippen LogP) is 0.348. The monoisotopic (exact) mass is 408 g/mol. The number of nitrogens with two attached hydrogens (primary N) is 1. The number of nitrogens with one attached hydrogen (secondary N) is 1. The number of carbonyl (C=O) groups excluding carboxylic acids is 2. The molecule has 1 saturated carbocycles. The summed E-state index contributed by atoms with van der Waals surface area (Å²) in [6.07, 6.45) is 4.16. The fraction of sp³-hybridized carbons (Fsp3) is 0.909. The summed E-state index contributed by atoms with van der Waals surface area (Å²) >= 11 is 0. The first-order chi connectivity index (χ1) is 14.0. The van der Waals surface area contributed by atoms with Crippen LogP contribution < -0.4 is 10.6 Å². The van der Waals surface area contributed by atoms with Gasteiger partial charge in [-0.2, -0.15) is 0 Å². The Bertz CT molecular complexity index is 595. The fourth-order valence-corrected chi connectivity index (χ4v) is 5.95. The first-order valence-electron chi connectivity index (χ1n) is 11.7. The molecule has 0 aromatic rings. The zero-order valence-electron chi connectivity index (χ0n) is 18.0. The van der Waals surface area contributed by atoms with Crippen LogP contribution in [0.1, 0.15) is 46.0 Å².